The zero-order valence-corrected chi connectivity index (χ0v) is 45.4. The van der Waals surface area contributed by atoms with Gasteiger partial charge in [-0.05, 0) is 92.9 Å². The number of anilines is 2. The molecule has 0 aromatic heterocycles. The number of rotatable bonds is 15. The zero-order chi connectivity index (χ0) is 56.3. The standard InChI is InChI=1S/C61H71N11O8/c1-4-52(73)65-48-37-69(34-32-46-28-30-50(71(46)58(48)77)56(75)67-53(40-18-9-5-10-19-40)41-20-11-6-12-21-41)60(79)63-44-26-17-27-45(36-44)64-61(80)70-35-33-47-29-31-51(72(47)59(78)49(38-70)66-55(74)39(2)62-3)57(76)68-54(42-22-13-7-14-23-42)43-24-15-8-16-25-43/h5-27,36,39,46-51,53-54,62H,4,28-35,37-38H2,1-3H3,(H,63,79)(H,64,80)(H,65,73)(H,66,74)(H,67,75)(H,68,76). The minimum atomic E-state index is -1.19. The Kier molecular flexibility index (Phi) is 18.2. The molecule has 80 heavy (non-hydrogen) atoms. The Balaban J connectivity index is 0.865. The molecule has 0 radical (unpaired) electrons. The maximum Gasteiger partial charge on any atom is 0.321 e. The number of carbonyl (C=O) groups excluding carboxylic acids is 8. The topological polar surface area (TPSA) is 234 Å². The van der Waals surface area contributed by atoms with E-state index in [0.29, 0.717) is 49.9 Å². The van der Waals surface area contributed by atoms with Crippen molar-refractivity contribution >= 4 is 58.9 Å². The molecule has 0 spiro atoms. The van der Waals surface area contributed by atoms with E-state index in [4.69, 9.17) is 0 Å². The molecular weight excluding hydrogens is 1010 g/mol. The van der Waals surface area contributed by atoms with Crippen LogP contribution in [-0.2, 0) is 28.8 Å². The van der Waals surface area contributed by atoms with Crippen molar-refractivity contribution < 1.29 is 38.4 Å². The maximum absolute atomic E-state index is 14.8. The summed E-state index contributed by atoms with van der Waals surface area (Å²) in [5.74, 6) is -2.37. The lowest BCUT2D eigenvalue weighted by atomic mass is 9.98. The van der Waals surface area contributed by atoms with Gasteiger partial charge in [0.15, 0.2) is 0 Å². The van der Waals surface area contributed by atoms with E-state index in [9.17, 15) is 38.4 Å². The van der Waals surface area contributed by atoms with Gasteiger partial charge in [0.1, 0.15) is 24.2 Å². The van der Waals surface area contributed by atoms with Gasteiger partial charge in [0.2, 0.25) is 35.4 Å². The Hall–Kier alpha value is -8.58. The lowest BCUT2D eigenvalue weighted by Crippen LogP contribution is -2.62. The fourth-order valence-corrected chi connectivity index (χ4v) is 11.4. The highest BCUT2D eigenvalue weighted by atomic mass is 16.2. The molecule has 19 nitrogen and oxygen atoms in total. The number of nitrogens with zero attached hydrogens (tertiary/aromatic N) is 4. The predicted octanol–water partition coefficient (Wildman–Crippen LogP) is 5.68. The van der Waals surface area contributed by atoms with Gasteiger partial charge in [0, 0.05) is 43.0 Å². The van der Waals surface area contributed by atoms with Crippen LogP contribution in [0, 0.1) is 0 Å². The van der Waals surface area contributed by atoms with Crippen molar-refractivity contribution in [1.29, 1.82) is 0 Å². The molecule has 0 saturated carbocycles. The third-order valence-corrected chi connectivity index (χ3v) is 15.8. The van der Waals surface area contributed by atoms with Crippen molar-refractivity contribution in [3.63, 3.8) is 0 Å². The first-order valence-corrected chi connectivity index (χ1v) is 27.7. The minimum absolute atomic E-state index is 0.0972. The summed E-state index contributed by atoms with van der Waals surface area (Å²) in [5.41, 5.74) is 4.22. The minimum Gasteiger partial charge on any atom is -0.343 e. The molecule has 7 atom stereocenters. The van der Waals surface area contributed by atoms with Crippen LogP contribution in [0.15, 0.2) is 146 Å². The normalized spacial score (nSPS) is 21.5. The first kappa shape index (κ1) is 56.2. The Bertz CT molecular complexity index is 2930. The molecule has 9 rings (SSSR count). The molecule has 7 N–H and O–H groups in total. The molecule has 418 valence electrons. The summed E-state index contributed by atoms with van der Waals surface area (Å²) in [5, 5.41) is 20.9. The van der Waals surface area contributed by atoms with Gasteiger partial charge in [-0.3, -0.25) is 28.8 Å². The number of hydrogen-bond acceptors (Lipinski definition) is 9. The van der Waals surface area contributed by atoms with Crippen LogP contribution in [0.1, 0.15) is 93.1 Å². The SMILES string of the molecule is CCC(=O)NC1CN(C(=O)Nc2cccc(NC(=O)N3CCC4CCC(C(=O)NC(c5ccccc5)c5ccccc5)N4C(=O)C(NC(=O)C(C)NC)C3)c2)CCC2CCC(C(=O)NC(c3ccccc3)c3ccccc3)N2C1=O. The quantitative estimate of drug-likeness (QED) is 0.0683. The summed E-state index contributed by atoms with van der Waals surface area (Å²) in [7, 11) is 1.63. The molecular formula is C61H71N11O8. The Morgan fingerprint density at radius 1 is 0.512 bits per heavy atom. The Labute approximate surface area is 466 Å². The number of urea groups is 2. The van der Waals surface area contributed by atoms with Crippen LogP contribution in [0.5, 0.6) is 0 Å². The molecule has 0 bridgehead atoms. The fourth-order valence-electron chi connectivity index (χ4n) is 11.4. The number of amides is 10. The van der Waals surface area contributed by atoms with E-state index in [1.807, 2.05) is 121 Å². The summed E-state index contributed by atoms with van der Waals surface area (Å²) in [6.45, 7) is 3.39. The molecule has 7 unspecified atom stereocenters. The summed E-state index contributed by atoms with van der Waals surface area (Å²) in [6, 6.07) is 37.7. The molecule has 4 fully saturated rings. The molecule has 5 aromatic carbocycles. The molecule has 4 heterocycles. The highest BCUT2D eigenvalue weighted by molar-refractivity contribution is 5.97. The number of benzene rings is 5. The molecule has 0 aliphatic carbocycles. The van der Waals surface area contributed by atoms with Crippen molar-refractivity contribution in [3.8, 4) is 0 Å². The van der Waals surface area contributed by atoms with Crippen molar-refractivity contribution in [3.05, 3.63) is 168 Å². The predicted molar refractivity (Wildman–Crippen MR) is 303 cm³/mol. The van der Waals surface area contributed by atoms with Crippen LogP contribution in [-0.4, -0.2) is 143 Å². The second kappa shape index (κ2) is 25.9. The smallest absolute Gasteiger partial charge is 0.321 e. The van der Waals surface area contributed by atoms with Gasteiger partial charge in [-0.1, -0.05) is 134 Å². The lowest BCUT2D eigenvalue weighted by molar-refractivity contribution is -0.144. The maximum atomic E-state index is 14.8. The van der Waals surface area contributed by atoms with Gasteiger partial charge in [0.05, 0.1) is 31.2 Å². The van der Waals surface area contributed by atoms with E-state index < -0.39 is 78.1 Å². The van der Waals surface area contributed by atoms with Crippen LogP contribution < -0.4 is 37.2 Å². The van der Waals surface area contributed by atoms with Crippen LogP contribution in [0.25, 0.3) is 0 Å². The molecule has 19 heteroatoms. The highest BCUT2D eigenvalue weighted by Crippen LogP contribution is 2.34. The molecule has 10 amide bonds. The van der Waals surface area contributed by atoms with Crippen LogP contribution in [0.4, 0.5) is 21.0 Å². The molecule has 4 aliphatic heterocycles. The van der Waals surface area contributed by atoms with E-state index >= 15 is 0 Å². The van der Waals surface area contributed by atoms with Crippen molar-refractivity contribution in [2.24, 2.45) is 0 Å². The number of hydrogen-bond donors (Lipinski definition) is 7. The zero-order valence-electron chi connectivity index (χ0n) is 45.4. The van der Waals surface area contributed by atoms with E-state index in [2.05, 4.69) is 37.2 Å². The third kappa shape index (κ3) is 13.1. The van der Waals surface area contributed by atoms with Crippen molar-refractivity contribution in [2.45, 2.75) is 113 Å². The van der Waals surface area contributed by atoms with E-state index in [1.165, 1.54) is 9.80 Å². The van der Waals surface area contributed by atoms with Gasteiger partial charge in [-0.2, -0.15) is 0 Å². The number of likely N-dealkylation sites (N-methyl/N-ethyl adjacent to an activating group) is 1. The van der Waals surface area contributed by atoms with E-state index in [0.717, 1.165) is 22.3 Å². The summed E-state index contributed by atoms with van der Waals surface area (Å²) >= 11 is 0. The lowest BCUT2D eigenvalue weighted by Gasteiger charge is -2.39. The average molecular weight is 1090 g/mol. The van der Waals surface area contributed by atoms with Crippen LogP contribution >= 0.6 is 0 Å². The molecule has 4 saturated heterocycles. The van der Waals surface area contributed by atoms with Gasteiger partial charge >= 0.3 is 12.1 Å². The molecule has 5 aromatic rings. The third-order valence-electron chi connectivity index (χ3n) is 15.8. The van der Waals surface area contributed by atoms with Gasteiger partial charge < -0.3 is 56.8 Å². The van der Waals surface area contributed by atoms with Crippen LogP contribution in [0.3, 0.4) is 0 Å². The Morgan fingerprint density at radius 3 is 1.27 bits per heavy atom. The fraction of sp³-hybridized carbons (Fsp3) is 0.377. The second-order valence-electron chi connectivity index (χ2n) is 21.0. The van der Waals surface area contributed by atoms with Gasteiger partial charge in [-0.15, -0.1) is 0 Å². The highest BCUT2D eigenvalue weighted by Gasteiger charge is 2.48. The van der Waals surface area contributed by atoms with Gasteiger partial charge in [0.25, 0.3) is 0 Å². The Morgan fingerprint density at radius 2 is 0.900 bits per heavy atom. The monoisotopic (exact) mass is 1090 g/mol. The van der Waals surface area contributed by atoms with Crippen LogP contribution in [0.2, 0.25) is 0 Å². The van der Waals surface area contributed by atoms with Crippen molar-refractivity contribution in [2.75, 3.05) is 43.9 Å². The van der Waals surface area contributed by atoms with E-state index in [1.54, 1.807) is 55.0 Å². The van der Waals surface area contributed by atoms with Gasteiger partial charge in [-0.25, -0.2) is 9.59 Å². The summed E-state index contributed by atoms with van der Waals surface area (Å²) in [6.07, 6.45) is 2.68. The number of nitrogens with one attached hydrogen (secondary N) is 7. The largest absolute Gasteiger partial charge is 0.343 e. The second-order valence-corrected chi connectivity index (χ2v) is 21.0. The summed E-state index contributed by atoms with van der Waals surface area (Å²) in [4.78, 5) is 119. The van der Waals surface area contributed by atoms with Crippen molar-refractivity contribution in [1.82, 2.24) is 46.2 Å². The van der Waals surface area contributed by atoms with E-state index in [-0.39, 0.29) is 56.4 Å². The number of carbonyl (C=O) groups is 8. The summed E-state index contributed by atoms with van der Waals surface area (Å²) < 4.78 is 0. The average Bonchev–Trinajstić information content (AvgIpc) is 4.14. The number of fused-ring (bicyclic) bond motifs is 2. The molecule has 4 aliphatic rings. The first-order chi connectivity index (χ1) is 38.8. The first-order valence-electron chi connectivity index (χ1n) is 27.7.